The molecule has 1 fully saturated rings. The highest BCUT2D eigenvalue weighted by atomic mass is 16.5. The zero-order valence-electron chi connectivity index (χ0n) is 11.7. The van der Waals surface area contributed by atoms with Crippen molar-refractivity contribution in [3.05, 3.63) is 11.7 Å². The molecule has 2 rings (SSSR count). The van der Waals surface area contributed by atoms with Crippen molar-refractivity contribution in [3.63, 3.8) is 0 Å². The van der Waals surface area contributed by atoms with Crippen LogP contribution in [0.4, 0.5) is 0 Å². The standard InChI is InChI=1S/C13H21N3O3/c1-13(2,3)12-14-10(19-15-12)4-5-11(18)16-7-6-9(17)8-16/h9,17H,4-8H2,1-3H3/t9-/m1/s1. The lowest BCUT2D eigenvalue weighted by Crippen LogP contribution is -2.29. The lowest BCUT2D eigenvalue weighted by molar-refractivity contribution is -0.130. The molecule has 0 aromatic carbocycles. The first-order valence-electron chi connectivity index (χ1n) is 6.65. The zero-order chi connectivity index (χ0) is 14.0. The first-order valence-corrected chi connectivity index (χ1v) is 6.65. The van der Waals surface area contributed by atoms with E-state index >= 15 is 0 Å². The molecule has 19 heavy (non-hydrogen) atoms. The molecular formula is C13H21N3O3. The summed E-state index contributed by atoms with van der Waals surface area (Å²) in [5.74, 6) is 1.19. The largest absolute Gasteiger partial charge is 0.391 e. The number of aryl methyl sites for hydroxylation is 1. The van der Waals surface area contributed by atoms with E-state index in [1.165, 1.54) is 0 Å². The van der Waals surface area contributed by atoms with Gasteiger partial charge in [0, 0.05) is 31.3 Å². The number of carbonyl (C=O) groups excluding carboxylic acids is 1. The Balaban J connectivity index is 1.85. The maximum absolute atomic E-state index is 11.9. The molecule has 1 amide bonds. The molecule has 6 nitrogen and oxygen atoms in total. The van der Waals surface area contributed by atoms with Gasteiger partial charge in [-0.1, -0.05) is 25.9 Å². The van der Waals surface area contributed by atoms with E-state index in [4.69, 9.17) is 4.52 Å². The fourth-order valence-corrected chi connectivity index (χ4v) is 2.00. The first-order chi connectivity index (χ1) is 8.86. The highest BCUT2D eigenvalue weighted by Crippen LogP contribution is 2.19. The SMILES string of the molecule is CC(C)(C)c1noc(CCC(=O)N2CC[C@@H](O)C2)n1. The van der Waals surface area contributed by atoms with E-state index < -0.39 is 0 Å². The molecular weight excluding hydrogens is 246 g/mol. The Morgan fingerprint density at radius 2 is 2.26 bits per heavy atom. The van der Waals surface area contributed by atoms with Crippen LogP contribution in [0.5, 0.6) is 0 Å². The highest BCUT2D eigenvalue weighted by Gasteiger charge is 2.25. The fourth-order valence-electron chi connectivity index (χ4n) is 2.00. The summed E-state index contributed by atoms with van der Waals surface area (Å²) in [7, 11) is 0. The second-order valence-electron chi connectivity index (χ2n) is 6.04. The predicted molar refractivity (Wildman–Crippen MR) is 68.5 cm³/mol. The third-order valence-corrected chi connectivity index (χ3v) is 3.21. The van der Waals surface area contributed by atoms with Crippen molar-refractivity contribution in [2.75, 3.05) is 13.1 Å². The van der Waals surface area contributed by atoms with Crippen molar-refractivity contribution in [1.82, 2.24) is 15.0 Å². The van der Waals surface area contributed by atoms with Gasteiger partial charge in [-0.3, -0.25) is 4.79 Å². The minimum atomic E-state index is -0.375. The van der Waals surface area contributed by atoms with Crippen LogP contribution in [0.3, 0.4) is 0 Å². The van der Waals surface area contributed by atoms with Gasteiger partial charge >= 0.3 is 0 Å². The number of aromatic nitrogens is 2. The molecule has 1 saturated heterocycles. The van der Waals surface area contributed by atoms with Gasteiger partial charge in [0.2, 0.25) is 11.8 Å². The lowest BCUT2D eigenvalue weighted by atomic mass is 9.96. The minimum absolute atomic E-state index is 0.0343. The van der Waals surface area contributed by atoms with Crippen molar-refractivity contribution >= 4 is 5.91 Å². The summed E-state index contributed by atoms with van der Waals surface area (Å²) in [5.41, 5.74) is -0.148. The molecule has 0 unspecified atom stereocenters. The number of rotatable bonds is 3. The molecule has 1 aliphatic heterocycles. The van der Waals surface area contributed by atoms with Crippen LogP contribution in [0.15, 0.2) is 4.52 Å². The lowest BCUT2D eigenvalue weighted by Gasteiger charge is -2.14. The number of aliphatic hydroxyl groups excluding tert-OH is 1. The second-order valence-corrected chi connectivity index (χ2v) is 6.04. The quantitative estimate of drug-likeness (QED) is 0.880. The Hall–Kier alpha value is -1.43. The van der Waals surface area contributed by atoms with Gasteiger partial charge in [0.05, 0.1) is 6.10 Å². The number of β-amino-alcohol motifs (C(OH)–C–C–N with tert-alkyl or cyclic N) is 1. The van der Waals surface area contributed by atoms with E-state index in [9.17, 15) is 9.90 Å². The fraction of sp³-hybridized carbons (Fsp3) is 0.769. The molecule has 1 aromatic rings. The number of aliphatic hydroxyl groups is 1. The topological polar surface area (TPSA) is 79.5 Å². The number of likely N-dealkylation sites (tertiary alicyclic amines) is 1. The number of carbonyl (C=O) groups is 1. The number of hydrogen-bond acceptors (Lipinski definition) is 5. The monoisotopic (exact) mass is 267 g/mol. The Bertz CT molecular complexity index is 450. The van der Waals surface area contributed by atoms with Crippen molar-refractivity contribution in [2.24, 2.45) is 0 Å². The normalized spacial score (nSPS) is 20.0. The van der Waals surface area contributed by atoms with Crippen molar-refractivity contribution in [3.8, 4) is 0 Å². The van der Waals surface area contributed by atoms with Crippen molar-refractivity contribution in [1.29, 1.82) is 0 Å². The van der Waals surface area contributed by atoms with E-state index in [1.807, 2.05) is 20.8 Å². The Labute approximate surface area is 112 Å². The summed E-state index contributed by atoms with van der Waals surface area (Å²) in [5, 5.41) is 13.3. The summed E-state index contributed by atoms with van der Waals surface area (Å²) < 4.78 is 5.14. The number of amides is 1. The molecule has 2 heterocycles. The van der Waals surface area contributed by atoms with Gasteiger partial charge in [0.25, 0.3) is 0 Å². The Morgan fingerprint density at radius 3 is 2.79 bits per heavy atom. The summed E-state index contributed by atoms with van der Waals surface area (Å²) in [6, 6.07) is 0. The van der Waals surface area contributed by atoms with Crippen LogP contribution in [0, 0.1) is 0 Å². The first kappa shape index (κ1) is 14.0. The van der Waals surface area contributed by atoms with Crippen molar-refractivity contribution in [2.45, 2.75) is 51.6 Å². The molecule has 0 saturated carbocycles. The third-order valence-electron chi connectivity index (χ3n) is 3.21. The van der Waals surface area contributed by atoms with Crippen molar-refractivity contribution < 1.29 is 14.4 Å². The van der Waals surface area contributed by atoms with Crippen LogP contribution in [-0.2, 0) is 16.6 Å². The summed E-state index contributed by atoms with van der Waals surface area (Å²) >= 11 is 0. The molecule has 0 spiro atoms. The molecule has 1 atom stereocenters. The zero-order valence-corrected chi connectivity index (χ0v) is 11.7. The predicted octanol–water partition coefficient (Wildman–Crippen LogP) is 0.893. The summed E-state index contributed by atoms with van der Waals surface area (Å²) in [6.45, 7) is 7.11. The highest BCUT2D eigenvalue weighted by molar-refractivity contribution is 5.76. The van der Waals surface area contributed by atoms with Gasteiger partial charge in [-0.15, -0.1) is 0 Å². The third kappa shape index (κ3) is 3.53. The summed E-state index contributed by atoms with van der Waals surface area (Å²) in [4.78, 5) is 17.9. The van der Waals surface area contributed by atoms with E-state index in [0.717, 1.165) is 0 Å². The minimum Gasteiger partial charge on any atom is -0.391 e. The van der Waals surface area contributed by atoms with Crippen LogP contribution in [0.2, 0.25) is 0 Å². The molecule has 0 bridgehead atoms. The van der Waals surface area contributed by atoms with Crippen LogP contribution in [0.25, 0.3) is 0 Å². The van der Waals surface area contributed by atoms with E-state index in [2.05, 4.69) is 10.1 Å². The van der Waals surface area contributed by atoms with Crippen LogP contribution in [0.1, 0.15) is 45.3 Å². The van der Waals surface area contributed by atoms with Crippen LogP contribution >= 0.6 is 0 Å². The maximum atomic E-state index is 11.9. The van der Waals surface area contributed by atoms with Gasteiger partial charge in [-0.05, 0) is 6.42 Å². The molecule has 1 aliphatic rings. The van der Waals surface area contributed by atoms with Gasteiger partial charge in [-0.2, -0.15) is 4.98 Å². The average molecular weight is 267 g/mol. The smallest absolute Gasteiger partial charge is 0.227 e. The Morgan fingerprint density at radius 1 is 1.53 bits per heavy atom. The second kappa shape index (κ2) is 5.28. The molecule has 6 heteroatoms. The molecule has 1 aromatic heterocycles. The molecule has 106 valence electrons. The summed E-state index contributed by atoms with van der Waals surface area (Å²) in [6.07, 6.45) is 1.09. The molecule has 0 radical (unpaired) electrons. The number of nitrogens with zero attached hydrogens (tertiary/aromatic N) is 3. The van der Waals surface area contributed by atoms with E-state index in [1.54, 1.807) is 4.90 Å². The van der Waals surface area contributed by atoms with Gasteiger partial charge in [-0.25, -0.2) is 0 Å². The molecule has 0 aliphatic carbocycles. The van der Waals surface area contributed by atoms with Crippen LogP contribution < -0.4 is 0 Å². The van der Waals surface area contributed by atoms with Gasteiger partial charge in [0.1, 0.15) is 0 Å². The average Bonchev–Trinajstić information content (AvgIpc) is 2.93. The van der Waals surface area contributed by atoms with E-state index in [-0.39, 0.29) is 17.4 Å². The Kier molecular flexibility index (Phi) is 3.89. The van der Waals surface area contributed by atoms with Crippen LogP contribution in [-0.4, -0.2) is 45.2 Å². The van der Waals surface area contributed by atoms with Gasteiger partial charge < -0.3 is 14.5 Å². The molecule has 1 N–H and O–H groups in total. The number of hydrogen-bond donors (Lipinski definition) is 1. The van der Waals surface area contributed by atoms with E-state index in [0.29, 0.717) is 44.1 Å². The van der Waals surface area contributed by atoms with Gasteiger partial charge in [0.15, 0.2) is 5.82 Å². The maximum Gasteiger partial charge on any atom is 0.227 e.